The van der Waals surface area contributed by atoms with E-state index in [0.717, 1.165) is 37.0 Å². The van der Waals surface area contributed by atoms with Gasteiger partial charge in [-0.25, -0.2) is 5.43 Å². The van der Waals surface area contributed by atoms with E-state index < -0.39 is 0 Å². The molecule has 6 heteroatoms. The lowest BCUT2D eigenvalue weighted by Crippen LogP contribution is -2.29. The highest BCUT2D eigenvalue weighted by atomic mass is 16.5. The van der Waals surface area contributed by atoms with E-state index in [4.69, 9.17) is 4.74 Å². The second kappa shape index (κ2) is 11.1. The van der Waals surface area contributed by atoms with Crippen LogP contribution in [0.4, 0.5) is 5.69 Å². The van der Waals surface area contributed by atoms with Gasteiger partial charge in [-0.1, -0.05) is 49.6 Å². The van der Waals surface area contributed by atoms with Crippen LogP contribution in [0, 0.1) is 5.92 Å². The van der Waals surface area contributed by atoms with Crippen LogP contribution < -0.4 is 15.5 Å². The molecule has 0 aliphatic heterocycles. The lowest BCUT2D eigenvalue weighted by Gasteiger charge is -2.19. The van der Waals surface area contributed by atoms with E-state index in [1.807, 2.05) is 42.5 Å². The number of amides is 2. The van der Waals surface area contributed by atoms with Crippen LogP contribution in [0.15, 0.2) is 59.7 Å². The van der Waals surface area contributed by atoms with Gasteiger partial charge in [-0.3, -0.25) is 9.59 Å². The summed E-state index contributed by atoms with van der Waals surface area (Å²) in [7, 11) is 0. The number of benzene rings is 2. The Labute approximate surface area is 177 Å². The van der Waals surface area contributed by atoms with Crippen molar-refractivity contribution < 1.29 is 14.3 Å². The van der Waals surface area contributed by atoms with E-state index in [-0.39, 0.29) is 24.2 Å². The molecule has 1 aliphatic carbocycles. The maximum atomic E-state index is 12.2. The number of nitrogens with one attached hydrogen (secondary N) is 2. The predicted molar refractivity (Wildman–Crippen MR) is 118 cm³/mol. The van der Waals surface area contributed by atoms with Gasteiger partial charge in [-0.05, 0) is 49.6 Å². The second-order valence-electron chi connectivity index (χ2n) is 7.68. The van der Waals surface area contributed by atoms with E-state index in [1.54, 1.807) is 19.1 Å². The molecule has 2 aromatic rings. The maximum Gasteiger partial charge on any atom is 0.243 e. The normalized spacial score (nSPS) is 14.8. The number of hydrogen-bond acceptors (Lipinski definition) is 4. The molecule has 3 rings (SSSR count). The van der Waals surface area contributed by atoms with E-state index in [1.165, 1.54) is 6.42 Å². The van der Waals surface area contributed by atoms with Gasteiger partial charge in [0.25, 0.3) is 0 Å². The second-order valence-corrected chi connectivity index (χ2v) is 7.68. The van der Waals surface area contributed by atoms with Gasteiger partial charge in [0, 0.05) is 17.3 Å². The molecule has 158 valence electrons. The Bertz CT molecular complexity index is 857. The van der Waals surface area contributed by atoms with Crippen LogP contribution in [-0.2, 0) is 16.2 Å². The number of anilines is 1. The zero-order valence-corrected chi connectivity index (χ0v) is 17.4. The van der Waals surface area contributed by atoms with Gasteiger partial charge in [0.15, 0.2) is 0 Å². The highest BCUT2D eigenvalue weighted by Crippen LogP contribution is 2.23. The summed E-state index contributed by atoms with van der Waals surface area (Å²) in [5, 5.41) is 6.92. The average molecular weight is 408 g/mol. The van der Waals surface area contributed by atoms with Crippen LogP contribution in [0.3, 0.4) is 0 Å². The number of carbonyl (C=O) groups excluding carboxylic acids is 2. The molecule has 0 radical (unpaired) electrons. The molecule has 6 nitrogen and oxygen atoms in total. The van der Waals surface area contributed by atoms with Crippen LogP contribution in [0.25, 0.3) is 0 Å². The molecule has 0 spiro atoms. The minimum atomic E-state index is -0.180. The molecule has 0 bridgehead atoms. The van der Waals surface area contributed by atoms with Crippen LogP contribution >= 0.6 is 0 Å². The predicted octanol–water partition coefficient (Wildman–Crippen LogP) is 4.67. The van der Waals surface area contributed by atoms with E-state index in [0.29, 0.717) is 18.0 Å². The minimum Gasteiger partial charge on any atom is -0.489 e. The highest BCUT2D eigenvalue weighted by molar-refractivity contribution is 6.05. The first-order valence-electron chi connectivity index (χ1n) is 10.5. The fourth-order valence-electron chi connectivity index (χ4n) is 3.46. The van der Waals surface area contributed by atoms with E-state index >= 15 is 0 Å². The molecular formula is C24H29N3O3. The van der Waals surface area contributed by atoms with Crippen molar-refractivity contribution in [1.29, 1.82) is 0 Å². The van der Waals surface area contributed by atoms with Gasteiger partial charge in [0.1, 0.15) is 12.4 Å². The summed E-state index contributed by atoms with van der Waals surface area (Å²) in [5.74, 6) is 0.563. The largest absolute Gasteiger partial charge is 0.489 e. The fraction of sp³-hybridized carbons (Fsp3) is 0.375. The first kappa shape index (κ1) is 21.6. The third-order valence-corrected chi connectivity index (χ3v) is 5.14. The van der Waals surface area contributed by atoms with Crippen molar-refractivity contribution in [2.45, 2.75) is 52.1 Å². The molecular weight excluding hydrogens is 378 g/mol. The number of ether oxygens (including phenoxy) is 1. The Hall–Kier alpha value is -3.15. The monoisotopic (exact) mass is 407 g/mol. The van der Waals surface area contributed by atoms with Gasteiger partial charge in [-0.15, -0.1) is 0 Å². The quantitative estimate of drug-likeness (QED) is 0.493. The minimum absolute atomic E-state index is 0.0412. The first-order valence-corrected chi connectivity index (χ1v) is 10.5. The third kappa shape index (κ3) is 7.03. The first-order chi connectivity index (χ1) is 14.6. The van der Waals surface area contributed by atoms with Gasteiger partial charge in [0.2, 0.25) is 11.8 Å². The summed E-state index contributed by atoms with van der Waals surface area (Å²) in [4.78, 5) is 24.4. The molecule has 1 aliphatic rings. The van der Waals surface area contributed by atoms with Crippen molar-refractivity contribution in [3.05, 3.63) is 60.2 Å². The Morgan fingerprint density at radius 3 is 2.40 bits per heavy atom. The molecule has 2 N–H and O–H groups in total. The average Bonchev–Trinajstić information content (AvgIpc) is 2.78. The molecule has 1 fully saturated rings. The molecule has 0 aromatic heterocycles. The summed E-state index contributed by atoms with van der Waals surface area (Å²) in [6.45, 7) is 2.23. The van der Waals surface area contributed by atoms with E-state index in [2.05, 4.69) is 15.8 Å². The van der Waals surface area contributed by atoms with Crippen molar-refractivity contribution in [3.8, 4) is 5.75 Å². The lowest BCUT2D eigenvalue weighted by molar-refractivity contribution is -0.126. The SMILES string of the molecule is C/C(CC(=O)Nc1ccc(OCc2ccccc2)cc1)=N\NC(=O)C1CCCCC1. The molecule has 0 unspecified atom stereocenters. The summed E-state index contributed by atoms with van der Waals surface area (Å²) in [5.41, 5.74) is 4.96. The Kier molecular flexibility index (Phi) is 8.01. The zero-order chi connectivity index (χ0) is 21.2. The smallest absolute Gasteiger partial charge is 0.243 e. The van der Waals surface area contributed by atoms with Crippen molar-refractivity contribution in [1.82, 2.24) is 5.43 Å². The van der Waals surface area contributed by atoms with Crippen LogP contribution in [-0.4, -0.2) is 17.5 Å². The van der Waals surface area contributed by atoms with Crippen LogP contribution in [0.5, 0.6) is 5.75 Å². The molecule has 30 heavy (non-hydrogen) atoms. The summed E-state index contributed by atoms with van der Waals surface area (Å²) < 4.78 is 5.75. The highest BCUT2D eigenvalue weighted by Gasteiger charge is 2.20. The van der Waals surface area contributed by atoms with Crippen LogP contribution in [0.1, 0.15) is 51.0 Å². The van der Waals surface area contributed by atoms with Gasteiger partial charge >= 0.3 is 0 Å². The fourth-order valence-corrected chi connectivity index (χ4v) is 3.46. The standard InChI is InChI=1S/C24H29N3O3/c1-18(26-27-24(29)20-10-6-3-7-11-20)16-23(28)25-21-12-14-22(15-13-21)30-17-19-8-4-2-5-9-19/h2,4-5,8-9,12-15,20H,3,6-7,10-11,16-17H2,1H3,(H,25,28)(H,27,29)/b26-18+. The van der Waals surface area contributed by atoms with E-state index in [9.17, 15) is 9.59 Å². The Morgan fingerprint density at radius 2 is 1.70 bits per heavy atom. The topological polar surface area (TPSA) is 79.8 Å². The molecule has 0 atom stereocenters. The number of hydrogen-bond donors (Lipinski definition) is 2. The lowest BCUT2D eigenvalue weighted by atomic mass is 9.89. The summed E-state index contributed by atoms with van der Waals surface area (Å²) in [6.07, 6.45) is 5.36. The van der Waals surface area contributed by atoms with Gasteiger partial charge < -0.3 is 10.1 Å². The molecule has 0 saturated heterocycles. The molecule has 0 heterocycles. The summed E-state index contributed by atoms with van der Waals surface area (Å²) in [6, 6.07) is 17.2. The molecule has 2 aromatic carbocycles. The molecule has 1 saturated carbocycles. The number of rotatable bonds is 8. The zero-order valence-electron chi connectivity index (χ0n) is 17.4. The van der Waals surface area contributed by atoms with Gasteiger partial charge in [-0.2, -0.15) is 5.10 Å². The van der Waals surface area contributed by atoms with Crippen molar-refractivity contribution in [3.63, 3.8) is 0 Å². The number of nitrogens with zero attached hydrogens (tertiary/aromatic N) is 1. The third-order valence-electron chi connectivity index (χ3n) is 5.14. The molecule has 2 amide bonds. The Morgan fingerprint density at radius 1 is 1.00 bits per heavy atom. The van der Waals surface area contributed by atoms with Gasteiger partial charge in [0.05, 0.1) is 6.42 Å². The van der Waals surface area contributed by atoms with Crippen molar-refractivity contribution >= 4 is 23.2 Å². The van der Waals surface area contributed by atoms with Crippen molar-refractivity contribution in [2.24, 2.45) is 11.0 Å². The Balaban J connectivity index is 1.41. The van der Waals surface area contributed by atoms with Crippen LogP contribution in [0.2, 0.25) is 0 Å². The number of hydrazone groups is 1. The summed E-state index contributed by atoms with van der Waals surface area (Å²) >= 11 is 0. The van der Waals surface area contributed by atoms with Crippen molar-refractivity contribution in [2.75, 3.05) is 5.32 Å². The number of carbonyl (C=O) groups is 2. The maximum absolute atomic E-state index is 12.2.